The number of nitrogens with zero attached hydrogens (tertiary/aromatic N) is 1. The first-order chi connectivity index (χ1) is 24.5. The number of hydrogen-bond donors (Lipinski definition) is 9. The maximum Gasteiger partial charge on any atom is 0.483 e. The van der Waals surface area contributed by atoms with E-state index < -0.39 is 114 Å². The van der Waals surface area contributed by atoms with E-state index in [0.717, 1.165) is 42.5 Å². The second-order valence-electron chi connectivity index (χ2n) is 12.7. The predicted octanol–water partition coefficient (Wildman–Crippen LogP) is -0.604. The van der Waals surface area contributed by atoms with Gasteiger partial charge in [0, 0.05) is 12.3 Å². The molecule has 3 heterocycles. The van der Waals surface area contributed by atoms with E-state index in [-0.39, 0.29) is 0 Å². The molecule has 0 amide bonds. The number of unbranched alkanes of at least 4 members (excludes halogenated alkanes) is 8. The molecule has 12 atom stereocenters. The van der Waals surface area contributed by atoms with Crippen molar-refractivity contribution in [2.45, 2.75) is 139 Å². The van der Waals surface area contributed by atoms with Crippen LogP contribution in [0.4, 0.5) is 0 Å². The number of phosphoric ester groups is 2. The Morgan fingerprint density at radius 3 is 2.21 bits per heavy atom. The Kier molecular flexibility index (Phi) is 17.7. The predicted molar refractivity (Wildman–Crippen MR) is 177 cm³/mol. The van der Waals surface area contributed by atoms with E-state index in [1.807, 2.05) is 4.98 Å². The summed E-state index contributed by atoms with van der Waals surface area (Å²) in [6.45, 7) is 0.202. The molecule has 4 unspecified atom stereocenters. The fourth-order valence-electron chi connectivity index (χ4n) is 5.71. The van der Waals surface area contributed by atoms with Crippen molar-refractivity contribution in [1.82, 2.24) is 9.55 Å². The molecule has 0 bridgehead atoms. The fraction of sp³-hybridized carbons (Fsp3) is 0.828. The third-order valence-corrected chi connectivity index (χ3v) is 11.1. The standard InChI is InChI=1S/C29H51N3O18P2/c1-2-3-4-5-6-7-8-9-10-11-17(34)14-21(36)48-26-22(30)28(47-18(15-33)24(26)38)49-52(43,44)50-51(41,42)45-16-19-23(37)25(39)27(46-19)32-13-12-20(35)31-29(32)40/h12-13,17-19,22-28,33-34,37-39H,2-11,14-16,30H2,1H3,(H,41,42)(H,43,44)(H,31,35,40)/t17?,18-,19-,22-,23-,24-,25-,26-,27-,28?/m1/s1. The van der Waals surface area contributed by atoms with Gasteiger partial charge in [-0.3, -0.25) is 28.2 Å². The number of phosphoric acid groups is 2. The molecular weight excluding hydrogens is 740 g/mol. The summed E-state index contributed by atoms with van der Waals surface area (Å²) in [5.74, 6) is -0.981. The van der Waals surface area contributed by atoms with Crippen molar-refractivity contribution < 1.29 is 76.8 Å². The van der Waals surface area contributed by atoms with E-state index in [0.29, 0.717) is 12.8 Å². The number of H-pyrrole nitrogens is 1. The van der Waals surface area contributed by atoms with E-state index >= 15 is 0 Å². The van der Waals surface area contributed by atoms with Gasteiger partial charge < -0.3 is 55.3 Å². The van der Waals surface area contributed by atoms with Crippen LogP contribution in [0.15, 0.2) is 21.9 Å². The second kappa shape index (κ2) is 20.7. The maximum atomic E-state index is 12.7. The van der Waals surface area contributed by atoms with Crippen molar-refractivity contribution in [2.75, 3.05) is 13.2 Å². The lowest BCUT2D eigenvalue weighted by atomic mass is 9.97. The molecule has 2 aliphatic heterocycles. The molecule has 1 aromatic heterocycles. The molecule has 2 fully saturated rings. The number of carbonyl (C=O) groups is 1. The van der Waals surface area contributed by atoms with Gasteiger partial charge in [-0.2, -0.15) is 4.31 Å². The highest BCUT2D eigenvalue weighted by atomic mass is 31.3. The first-order valence-corrected chi connectivity index (χ1v) is 20.1. The molecule has 21 nitrogen and oxygen atoms in total. The van der Waals surface area contributed by atoms with Gasteiger partial charge in [0.1, 0.15) is 30.5 Å². The average Bonchev–Trinajstić information content (AvgIpc) is 3.34. The van der Waals surface area contributed by atoms with Crippen molar-refractivity contribution in [3.05, 3.63) is 33.1 Å². The Bertz CT molecular complexity index is 1480. The highest BCUT2D eigenvalue weighted by Gasteiger charge is 2.50. The normalized spacial score (nSPS) is 30.8. The minimum Gasteiger partial charge on any atom is -0.458 e. The first-order valence-electron chi connectivity index (χ1n) is 17.1. The zero-order valence-electron chi connectivity index (χ0n) is 28.7. The largest absolute Gasteiger partial charge is 0.483 e. The molecule has 2 aliphatic rings. The lowest BCUT2D eigenvalue weighted by molar-refractivity contribution is -0.249. The Balaban J connectivity index is 1.51. The molecular formula is C29H51N3O18P2. The van der Waals surface area contributed by atoms with Crippen LogP contribution in [0.2, 0.25) is 0 Å². The topological polar surface area (TPSA) is 329 Å². The Morgan fingerprint density at radius 2 is 1.60 bits per heavy atom. The van der Waals surface area contributed by atoms with E-state index in [9.17, 15) is 58.8 Å². The minimum atomic E-state index is -5.67. The highest BCUT2D eigenvalue weighted by Crippen LogP contribution is 2.61. The molecule has 52 heavy (non-hydrogen) atoms. The molecule has 0 radical (unpaired) electrons. The number of nitrogens with two attached hydrogens (primary N) is 1. The first kappa shape index (κ1) is 44.5. The van der Waals surface area contributed by atoms with Crippen molar-refractivity contribution in [3.8, 4) is 0 Å². The smallest absolute Gasteiger partial charge is 0.458 e. The summed E-state index contributed by atoms with van der Waals surface area (Å²) < 4.78 is 55.5. The van der Waals surface area contributed by atoms with Gasteiger partial charge in [-0.05, 0) is 6.42 Å². The van der Waals surface area contributed by atoms with Gasteiger partial charge in [-0.15, -0.1) is 0 Å². The van der Waals surface area contributed by atoms with Crippen LogP contribution < -0.4 is 17.0 Å². The minimum absolute atomic E-state index is 0.314. The van der Waals surface area contributed by atoms with Crippen molar-refractivity contribution in [3.63, 3.8) is 0 Å². The van der Waals surface area contributed by atoms with Crippen LogP contribution in [0, 0.1) is 0 Å². The van der Waals surface area contributed by atoms with Gasteiger partial charge in [0.2, 0.25) is 0 Å². The third kappa shape index (κ3) is 13.4. The van der Waals surface area contributed by atoms with E-state index in [2.05, 4.69) is 15.8 Å². The monoisotopic (exact) mass is 791 g/mol. The number of rotatable bonds is 22. The zero-order valence-corrected chi connectivity index (χ0v) is 30.4. The molecule has 1 aromatic rings. The molecule has 23 heteroatoms. The Morgan fingerprint density at radius 1 is 0.962 bits per heavy atom. The molecule has 300 valence electrons. The number of nitrogens with one attached hydrogen (secondary N) is 1. The molecule has 0 saturated carbocycles. The van der Waals surface area contributed by atoms with Crippen LogP contribution >= 0.6 is 15.6 Å². The maximum absolute atomic E-state index is 12.7. The number of esters is 1. The molecule has 2 saturated heterocycles. The fourth-order valence-corrected chi connectivity index (χ4v) is 7.89. The number of carbonyl (C=O) groups excluding carboxylic acids is 1. The van der Waals surface area contributed by atoms with Gasteiger partial charge in [0.25, 0.3) is 5.56 Å². The van der Waals surface area contributed by atoms with Gasteiger partial charge in [-0.1, -0.05) is 64.7 Å². The summed E-state index contributed by atoms with van der Waals surface area (Å²) >= 11 is 0. The highest BCUT2D eigenvalue weighted by molar-refractivity contribution is 7.61. The van der Waals surface area contributed by atoms with Crippen LogP contribution in [0.3, 0.4) is 0 Å². The summed E-state index contributed by atoms with van der Waals surface area (Å²) in [4.78, 5) is 58.3. The number of hydrogen-bond acceptors (Lipinski definition) is 17. The lowest BCUT2D eigenvalue weighted by Crippen LogP contribution is -2.63. The summed E-state index contributed by atoms with van der Waals surface area (Å²) in [7, 11) is -11.2. The van der Waals surface area contributed by atoms with Gasteiger partial charge in [-0.25, -0.2) is 13.9 Å². The van der Waals surface area contributed by atoms with Crippen molar-refractivity contribution in [2.24, 2.45) is 5.73 Å². The van der Waals surface area contributed by atoms with E-state index in [1.165, 1.54) is 25.7 Å². The molecule has 0 aromatic carbocycles. The summed E-state index contributed by atoms with van der Waals surface area (Å²) in [6, 6.07) is -0.791. The van der Waals surface area contributed by atoms with Crippen LogP contribution in [0.25, 0.3) is 0 Å². The number of ether oxygens (including phenoxy) is 3. The molecule has 10 N–H and O–H groups in total. The third-order valence-electron chi connectivity index (χ3n) is 8.52. The van der Waals surface area contributed by atoms with E-state index in [1.54, 1.807) is 0 Å². The Hall–Kier alpha value is -1.91. The average molecular weight is 792 g/mol. The van der Waals surface area contributed by atoms with E-state index in [4.69, 9.17) is 24.5 Å². The number of aromatic nitrogens is 2. The van der Waals surface area contributed by atoms with Crippen molar-refractivity contribution in [1.29, 1.82) is 0 Å². The van der Waals surface area contributed by atoms with Gasteiger partial charge in [0.15, 0.2) is 18.6 Å². The quantitative estimate of drug-likeness (QED) is 0.0402. The number of aromatic amines is 1. The molecule has 0 spiro atoms. The van der Waals surface area contributed by atoms with Crippen LogP contribution in [0.5, 0.6) is 0 Å². The zero-order chi connectivity index (χ0) is 38.6. The molecule has 0 aliphatic carbocycles. The lowest BCUT2D eigenvalue weighted by Gasteiger charge is -2.42. The molecule has 3 rings (SSSR count). The van der Waals surface area contributed by atoms with Gasteiger partial charge >= 0.3 is 27.3 Å². The Labute approximate surface area is 298 Å². The van der Waals surface area contributed by atoms with Crippen LogP contribution in [0.1, 0.15) is 83.8 Å². The summed E-state index contributed by atoms with van der Waals surface area (Å²) in [5, 5.41) is 51.2. The van der Waals surface area contributed by atoms with Crippen LogP contribution in [-0.4, -0.2) is 119 Å². The SMILES string of the molecule is CCCCCCCCCCCC(O)CC(=O)O[C@H]1[C@H](O)[C@@H](CO)OC(OP(=O)(O)OP(=O)(O)OC[C@H]2O[C@@H](n3ccc(=O)[nH]c3=O)[C@H](O)[C@@H]2O)[C@@H]1N. The number of aliphatic hydroxyl groups is 5. The van der Waals surface area contributed by atoms with Crippen molar-refractivity contribution >= 4 is 21.6 Å². The summed E-state index contributed by atoms with van der Waals surface area (Å²) in [5.41, 5.74) is 4.25. The van der Waals surface area contributed by atoms with Crippen LogP contribution in [-0.2, 0) is 41.5 Å². The second-order valence-corrected chi connectivity index (χ2v) is 15.7. The summed E-state index contributed by atoms with van der Waals surface area (Å²) in [6.07, 6.45) is -4.54. The van der Waals surface area contributed by atoms with Gasteiger partial charge in [0.05, 0.1) is 31.8 Å². The number of aliphatic hydroxyl groups excluding tert-OH is 5.